The molecule has 1 heterocycles. The van der Waals surface area contributed by atoms with Crippen molar-refractivity contribution in [3.63, 3.8) is 0 Å². The Morgan fingerprint density at radius 1 is 1.38 bits per heavy atom. The van der Waals surface area contributed by atoms with Crippen LogP contribution >= 0.6 is 0 Å². The van der Waals surface area contributed by atoms with Crippen LogP contribution in [0.3, 0.4) is 0 Å². The highest BCUT2D eigenvalue weighted by Gasteiger charge is 2.42. The molecule has 1 aliphatic carbocycles. The topological polar surface area (TPSA) is 69.6 Å². The van der Waals surface area contributed by atoms with E-state index in [0.29, 0.717) is 13.0 Å². The minimum Gasteiger partial charge on any atom is -0.481 e. The Hall–Kier alpha value is -2.11. The predicted molar refractivity (Wildman–Crippen MR) is 87.2 cm³/mol. The van der Waals surface area contributed by atoms with E-state index in [2.05, 4.69) is 5.32 Å². The van der Waals surface area contributed by atoms with Crippen molar-refractivity contribution in [1.82, 2.24) is 10.2 Å². The van der Waals surface area contributed by atoms with E-state index < -0.39 is 11.4 Å². The Bertz CT molecular complexity index is 651. The number of carboxylic acid groups (broad SMARTS) is 1. The summed E-state index contributed by atoms with van der Waals surface area (Å²) in [5.41, 5.74) is 0.128. The summed E-state index contributed by atoms with van der Waals surface area (Å²) in [7, 11) is 0. The van der Waals surface area contributed by atoms with E-state index >= 15 is 0 Å². The summed E-state index contributed by atoms with van der Waals surface area (Å²) in [4.78, 5) is 25.2. The normalized spacial score (nSPS) is 29.7. The number of aliphatic carboxylic acids is 1. The molecule has 130 valence electrons. The average molecular weight is 334 g/mol. The van der Waals surface area contributed by atoms with Gasteiger partial charge in [-0.3, -0.25) is 4.79 Å². The number of hydrogen-bond acceptors (Lipinski definition) is 2. The van der Waals surface area contributed by atoms with Gasteiger partial charge in [-0.2, -0.15) is 0 Å². The van der Waals surface area contributed by atoms with Crippen molar-refractivity contribution >= 4 is 12.0 Å². The lowest BCUT2D eigenvalue weighted by Crippen LogP contribution is -2.44. The van der Waals surface area contributed by atoms with Gasteiger partial charge in [0.1, 0.15) is 5.82 Å². The minimum absolute atomic E-state index is 0.0578. The van der Waals surface area contributed by atoms with Gasteiger partial charge in [0.25, 0.3) is 0 Å². The molecule has 2 aliphatic rings. The van der Waals surface area contributed by atoms with Gasteiger partial charge in [-0.1, -0.05) is 12.1 Å². The molecule has 3 atom stereocenters. The van der Waals surface area contributed by atoms with Crippen LogP contribution in [0.15, 0.2) is 24.3 Å². The fourth-order valence-corrected chi connectivity index (χ4v) is 3.75. The molecule has 2 fully saturated rings. The van der Waals surface area contributed by atoms with Crippen molar-refractivity contribution in [1.29, 1.82) is 0 Å². The molecule has 1 aliphatic heterocycles. The molecule has 24 heavy (non-hydrogen) atoms. The zero-order valence-corrected chi connectivity index (χ0v) is 13.8. The van der Waals surface area contributed by atoms with Crippen molar-refractivity contribution < 1.29 is 19.1 Å². The van der Waals surface area contributed by atoms with Crippen LogP contribution in [0.5, 0.6) is 0 Å². The van der Waals surface area contributed by atoms with Crippen LogP contribution in [0.4, 0.5) is 9.18 Å². The van der Waals surface area contributed by atoms with Gasteiger partial charge >= 0.3 is 12.0 Å². The van der Waals surface area contributed by atoms with E-state index in [1.807, 2.05) is 6.07 Å². The smallest absolute Gasteiger partial charge is 0.317 e. The summed E-state index contributed by atoms with van der Waals surface area (Å²) in [6, 6.07) is 6.51. The Kier molecular flexibility index (Phi) is 4.47. The quantitative estimate of drug-likeness (QED) is 0.893. The second kappa shape index (κ2) is 6.42. The molecule has 2 N–H and O–H groups in total. The lowest BCUT2D eigenvalue weighted by Gasteiger charge is -2.22. The maximum atomic E-state index is 13.3. The first kappa shape index (κ1) is 16.7. The number of amides is 2. The molecule has 0 spiro atoms. The molecule has 0 aromatic heterocycles. The third-order valence-electron chi connectivity index (χ3n) is 5.36. The second-order valence-corrected chi connectivity index (χ2v) is 7.25. The first-order chi connectivity index (χ1) is 11.4. The SMILES string of the molecule is CC1(C(=O)O)CCN(C(=O)NC2CCC(c3cccc(F)c3)C2)C1. The Balaban J connectivity index is 1.54. The zero-order chi connectivity index (χ0) is 17.3. The summed E-state index contributed by atoms with van der Waals surface area (Å²) in [6.45, 7) is 2.39. The molecule has 2 amide bonds. The van der Waals surface area contributed by atoms with E-state index in [9.17, 15) is 19.1 Å². The monoisotopic (exact) mass is 334 g/mol. The van der Waals surface area contributed by atoms with E-state index in [1.54, 1.807) is 24.0 Å². The van der Waals surface area contributed by atoms with Crippen molar-refractivity contribution in [3.8, 4) is 0 Å². The molecule has 5 nitrogen and oxygen atoms in total. The molecule has 1 aromatic carbocycles. The number of benzene rings is 1. The number of hydrogen-bond donors (Lipinski definition) is 2. The fraction of sp³-hybridized carbons (Fsp3) is 0.556. The largest absolute Gasteiger partial charge is 0.481 e. The molecular formula is C18H23FN2O3. The number of nitrogens with zero attached hydrogens (tertiary/aromatic N) is 1. The first-order valence-electron chi connectivity index (χ1n) is 8.42. The van der Waals surface area contributed by atoms with Crippen molar-refractivity contribution in [2.75, 3.05) is 13.1 Å². The van der Waals surface area contributed by atoms with Gasteiger partial charge in [0.05, 0.1) is 5.41 Å². The molecule has 0 bridgehead atoms. The lowest BCUT2D eigenvalue weighted by atomic mass is 9.90. The summed E-state index contributed by atoms with van der Waals surface area (Å²) >= 11 is 0. The van der Waals surface area contributed by atoms with Gasteiger partial charge in [-0.05, 0) is 56.2 Å². The highest BCUT2D eigenvalue weighted by molar-refractivity contribution is 5.79. The van der Waals surface area contributed by atoms with Gasteiger partial charge in [0, 0.05) is 19.1 Å². The molecule has 3 unspecified atom stereocenters. The number of halogens is 1. The second-order valence-electron chi connectivity index (χ2n) is 7.25. The molecular weight excluding hydrogens is 311 g/mol. The standard InChI is InChI=1S/C18H23FN2O3/c1-18(16(22)23)7-8-21(11-18)17(24)20-15-6-5-13(10-15)12-3-2-4-14(19)9-12/h2-4,9,13,15H,5-8,10-11H2,1H3,(H,20,24)(H,22,23). The number of carbonyl (C=O) groups is 2. The van der Waals surface area contributed by atoms with Crippen LogP contribution < -0.4 is 5.32 Å². The van der Waals surface area contributed by atoms with Gasteiger partial charge in [0.15, 0.2) is 0 Å². The number of likely N-dealkylation sites (tertiary alicyclic amines) is 1. The van der Waals surface area contributed by atoms with Gasteiger partial charge < -0.3 is 15.3 Å². The minimum atomic E-state index is -0.857. The first-order valence-corrected chi connectivity index (χ1v) is 8.42. The fourth-order valence-electron chi connectivity index (χ4n) is 3.75. The van der Waals surface area contributed by atoms with Crippen LogP contribution in [0.25, 0.3) is 0 Å². The summed E-state index contributed by atoms with van der Waals surface area (Å²) in [5, 5.41) is 12.3. The van der Waals surface area contributed by atoms with Crippen LogP contribution in [-0.2, 0) is 4.79 Å². The van der Waals surface area contributed by atoms with Crippen LogP contribution in [0, 0.1) is 11.2 Å². The molecule has 6 heteroatoms. The number of urea groups is 1. The Labute approximate surface area is 140 Å². The van der Waals surface area contributed by atoms with Gasteiger partial charge in [-0.25, -0.2) is 9.18 Å². The van der Waals surface area contributed by atoms with Crippen molar-refractivity contribution in [2.24, 2.45) is 5.41 Å². The predicted octanol–water partition coefficient (Wildman–Crippen LogP) is 2.97. The molecule has 1 aromatic rings. The zero-order valence-electron chi connectivity index (χ0n) is 13.8. The summed E-state index contributed by atoms with van der Waals surface area (Å²) in [5.74, 6) is -0.830. The van der Waals surface area contributed by atoms with E-state index in [1.165, 1.54) is 6.07 Å². The highest BCUT2D eigenvalue weighted by Crippen LogP contribution is 2.35. The molecule has 3 rings (SSSR count). The maximum Gasteiger partial charge on any atom is 0.317 e. The maximum absolute atomic E-state index is 13.3. The summed E-state index contributed by atoms with van der Waals surface area (Å²) in [6.07, 6.45) is 3.05. The number of rotatable bonds is 3. The number of carbonyl (C=O) groups excluding carboxylic acids is 1. The Morgan fingerprint density at radius 2 is 2.17 bits per heavy atom. The third kappa shape index (κ3) is 3.37. The number of nitrogens with one attached hydrogen (secondary N) is 1. The van der Waals surface area contributed by atoms with Crippen molar-refractivity contribution in [3.05, 3.63) is 35.6 Å². The van der Waals surface area contributed by atoms with Gasteiger partial charge in [0.2, 0.25) is 0 Å². The average Bonchev–Trinajstić information content (AvgIpc) is 3.15. The van der Waals surface area contributed by atoms with E-state index in [4.69, 9.17) is 0 Å². The number of carboxylic acids is 1. The third-order valence-corrected chi connectivity index (χ3v) is 5.36. The Morgan fingerprint density at radius 3 is 2.83 bits per heavy atom. The highest BCUT2D eigenvalue weighted by atomic mass is 19.1. The van der Waals surface area contributed by atoms with Crippen molar-refractivity contribution in [2.45, 2.75) is 44.6 Å². The van der Waals surface area contributed by atoms with Crippen LogP contribution in [-0.4, -0.2) is 41.1 Å². The van der Waals surface area contributed by atoms with E-state index in [0.717, 1.165) is 24.8 Å². The molecule has 1 saturated carbocycles. The molecule has 0 radical (unpaired) electrons. The van der Waals surface area contributed by atoms with Crippen LogP contribution in [0.2, 0.25) is 0 Å². The van der Waals surface area contributed by atoms with E-state index in [-0.39, 0.29) is 30.4 Å². The van der Waals surface area contributed by atoms with Crippen LogP contribution in [0.1, 0.15) is 44.1 Å². The summed E-state index contributed by atoms with van der Waals surface area (Å²) < 4.78 is 13.3. The molecule has 1 saturated heterocycles. The van der Waals surface area contributed by atoms with Gasteiger partial charge in [-0.15, -0.1) is 0 Å². The lowest BCUT2D eigenvalue weighted by molar-refractivity contribution is -0.147.